The lowest BCUT2D eigenvalue weighted by atomic mass is 10.2. The molecule has 0 bridgehead atoms. The van der Waals surface area contributed by atoms with E-state index < -0.39 is 11.6 Å². The van der Waals surface area contributed by atoms with Gasteiger partial charge >= 0.3 is 5.76 Å². The van der Waals surface area contributed by atoms with Gasteiger partial charge in [-0.25, -0.2) is 9.18 Å². The molecule has 1 aliphatic rings. The average molecular weight is 336 g/mol. The van der Waals surface area contributed by atoms with Crippen LogP contribution in [0.1, 0.15) is 5.56 Å². The second kappa shape index (κ2) is 6.62. The topological polar surface area (TPSA) is 81.0 Å². The minimum Gasteiger partial charge on any atom is -0.493 e. The number of hydrogen-bond donors (Lipinski definition) is 1. The number of fused-ring (bicyclic) bond motifs is 1. The number of halogens is 2. The molecule has 0 fully saturated rings. The smallest absolute Gasteiger partial charge is 0.439 e. The summed E-state index contributed by atoms with van der Waals surface area (Å²) in [6.07, 6.45) is 2.44. The van der Waals surface area contributed by atoms with Gasteiger partial charge in [0.2, 0.25) is 5.82 Å². The van der Waals surface area contributed by atoms with Gasteiger partial charge in [-0.2, -0.15) is 0 Å². The van der Waals surface area contributed by atoms with Crippen LogP contribution in [0.5, 0.6) is 5.75 Å². The summed E-state index contributed by atoms with van der Waals surface area (Å²) in [6, 6.07) is 8.27. The van der Waals surface area contributed by atoms with Crippen molar-refractivity contribution in [3.63, 3.8) is 0 Å². The minimum absolute atomic E-state index is 0.175. The molecule has 1 aromatic carbocycles. The molecular formula is C15H11ClFN3O3. The summed E-state index contributed by atoms with van der Waals surface area (Å²) in [4.78, 5) is 16.9. The second-order valence-corrected chi connectivity index (χ2v) is 5.04. The maximum absolute atomic E-state index is 12.8. The molecule has 2 aromatic heterocycles. The third-order valence-electron chi connectivity index (χ3n) is 3.08. The van der Waals surface area contributed by atoms with Gasteiger partial charge in [0.25, 0.3) is 0 Å². The van der Waals surface area contributed by atoms with E-state index in [-0.39, 0.29) is 5.02 Å². The monoisotopic (exact) mass is 335 g/mol. The van der Waals surface area contributed by atoms with Crippen LogP contribution in [0, 0.1) is 5.82 Å². The number of aromatic nitrogens is 3. The van der Waals surface area contributed by atoms with E-state index in [1.807, 2.05) is 0 Å². The molecule has 23 heavy (non-hydrogen) atoms. The fourth-order valence-electron chi connectivity index (χ4n) is 2.01. The fourth-order valence-corrected chi connectivity index (χ4v) is 2.20. The Bertz CT molecular complexity index is 835. The second-order valence-electron chi connectivity index (χ2n) is 4.63. The summed E-state index contributed by atoms with van der Waals surface area (Å²) < 4.78 is 22.2. The van der Waals surface area contributed by atoms with Gasteiger partial charge in [-0.1, -0.05) is 22.8 Å². The Morgan fingerprint density at radius 1 is 1.30 bits per heavy atom. The number of hydrogen-bond acceptors (Lipinski definition) is 5. The molecular weight excluding hydrogens is 325 g/mol. The van der Waals surface area contributed by atoms with Gasteiger partial charge in [-0.3, -0.25) is 14.5 Å². The number of benzene rings is 1. The van der Waals surface area contributed by atoms with Gasteiger partial charge in [0, 0.05) is 18.7 Å². The van der Waals surface area contributed by atoms with Crippen molar-refractivity contribution in [2.24, 2.45) is 0 Å². The highest BCUT2D eigenvalue weighted by molar-refractivity contribution is 6.30. The van der Waals surface area contributed by atoms with Crippen molar-refractivity contribution in [1.82, 2.24) is 15.1 Å². The quantitative estimate of drug-likeness (QED) is 0.739. The molecule has 0 unspecified atom stereocenters. The van der Waals surface area contributed by atoms with E-state index in [0.717, 1.165) is 12.0 Å². The van der Waals surface area contributed by atoms with Gasteiger partial charge < -0.3 is 4.74 Å². The lowest BCUT2D eigenvalue weighted by Crippen LogP contribution is -1.95. The lowest BCUT2D eigenvalue weighted by molar-refractivity contribution is 0.355. The summed E-state index contributed by atoms with van der Waals surface area (Å²) in [5, 5.41) is 3.66. The molecule has 0 amide bonds. The van der Waals surface area contributed by atoms with Gasteiger partial charge in [0.15, 0.2) is 0 Å². The van der Waals surface area contributed by atoms with Crippen LogP contribution in [0.4, 0.5) is 4.39 Å². The van der Waals surface area contributed by atoms with Crippen molar-refractivity contribution in [3.05, 3.63) is 63.5 Å². The molecule has 3 aromatic rings. The number of aromatic amines is 1. The van der Waals surface area contributed by atoms with E-state index in [2.05, 4.69) is 19.6 Å². The Kier molecular flexibility index (Phi) is 4.38. The van der Waals surface area contributed by atoms with Gasteiger partial charge in [-0.15, -0.1) is 0 Å². The first-order chi connectivity index (χ1) is 11.1. The average Bonchev–Trinajstić information content (AvgIpc) is 3.18. The van der Waals surface area contributed by atoms with Gasteiger partial charge in [0.1, 0.15) is 17.3 Å². The molecule has 0 saturated carbocycles. The van der Waals surface area contributed by atoms with Gasteiger partial charge in [0.05, 0.1) is 11.6 Å². The summed E-state index contributed by atoms with van der Waals surface area (Å²) in [7, 11) is 0. The normalized spacial score (nSPS) is 12.1. The van der Waals surface area contributed by atoms with E-state index in [1.54, 1.807) is 30.5 Å². The van der Waals surface area contributed by atoms with Crippen LogP contribution in [0.3, 0.4) is 0 Å². The van der Waals surface area contributed by atoms with Crippen LogP contribution < -0.4 is 10.5 Å². The van der Waals surface area contributed by atoms with Gasteiger partial charge in [-0.05, 0) is 23.8 Å². The maximum Gasteiger partial charge on any atom is 0.439 e. The summed E-state index contributed by atoms with van der Waals surface area (Å²) in [5.41, 5.74) is 1.58. The van der Waals surface area contributed by atoms with Crippen molar-refractivity contribution >= 4 is 11.6 Å². The van der Waals surface area contributed by atoms with Crippen LogP contribution in [0.15, 0.2) is 45.8 Å². The molecule has 0 aliphatic carbocycles. The number of ether oxygens (including phenoxy) is 1. The first-order valence-electron chi connectivity index (χ1n) is 6.71. The van der Waals surface area contributed by atoms with Crippen molar-refractivity contribution in [2.45, 2.75) is 6.42 Å². The SMILES string of the molecule is Fc1cc2c(cc1Cl)CCO2.O=c1[nH]c(-c2ccccn2)no1. The highest BCUT2D eigenvalue weighted by Crippen LogP contribution is 2.29. The van der Waals surface area contributed by atoms with E-state index >= 15 is 0 Å². The van der Waals surface area contributed by atoms with E-state index in [9.17, 15) is 9.18 Å². The van der Waals surface area contributed by atoms with E-state index in [1.165, 1.54) is 6.07 Å². The predicted molar refractivity (Wildman–Crippen MR) is 81.0 cm³/mol. The molecule has 8 heteroatoms. The zero-order chi connectivity index (χ0) is 16.2. The van der Waals surface area contributed by atoms with Crippen LogP contribution in [0.25, 0.3) is 11.5 Å². The summed E-state index contributed by atoms with van der Waals surface area (Å²) >= 11 is 5.56. The predicted octanol–water partition coefficient (Wildman–Crippen LogP) is 2.84. The third-order valence-corrected chi connectivity index (χ3v) is 3.37. The highest BCUT2D eigenvalue weighted by Gasteiger charge is 2.14. The van der Waals surface area contributed by atoms with Crippen LogP contribution in [0.2, 0.25) is 5.02 Å². The molecule has 0 saturated heterocycles. The largest absolute Gasteiger partial charge is 0.493 e. The molecule has 118 valence electrons. The Hall–Kier alpha value is -2.67. The first kappa shape index (κ1) is 15.2. The van der Waals surface area contributed by atoms with Crippen molar-refractivity contribution < 1.29 is 13.7 Å². The zero-order valence-electron chi connectivity index (χ0n) is 11.8. The zero-order valence-corrected chi connectivity index (χ0v) is 12.5. The van der Waals surface area contributed by atoms with Crippen molar-refractivity contribution in [1.29, 1.82) is 0 Å². The first-order valence-corrected chi connectivity index (χ1v) is 7.09. The molecule has 4 rings (SSSR count). The van der Waals surface area contributed by atoms with Crippen LogP contribution >= 0.6 is 11.6 Å². The molecule has 3 heterocycles. The standard InChI is InChI=1S/C8H6ClFO.C7H5N3O2/c9-6-3-5-1-2-11-8(5)4-7(6)10;11-7-9-6(10-12-7)5-3-1-2-4-8-5/h3-4H,1-2H2;1-4H,(H,9,10,11). The molecule has 6 nitrogen and oxygen atoms in total. The number of nitrogens with zero attached hydrogens (tertiary/aromatic N) is 2. The van der Waals surface area contributed by atoms with Crippen LogP contribution in [-0.2, 0) is 6.42 Å². The Balaban J connectivity index is 0.000000136. The number of H-pyrrole nitrogens is 1. The molecule has 1 N–H and O–H groups in total. The fraction of sp³-hybridized carbons (Fsp3) is 0.133. The Morgan fingerprint density at radius 3 is 2.87 bits per heavy atom. The van der Waals surface area contributed by atoms with E-state index in [0.29, 0.717) is 23.9 Å². The van der Waals surface area contributed by atoms with E-state index in [4.69, 9.17) is 16.3 Å². The van der Waals surface area contributed by atoms with Crippen molar-refractivity contribution in [2.75, 3.05) is 6.61 Å². The molecule has 0 radical (unpaired) electrons. The Morgan fingerprint density at radius 2 is 2.17 bits per heavy atom. The lowest BCUT2D eigenvalue weighted by Gasteiger charge is -1.99. The number of pyridine rings is 1. The third kappa shape index (κ3) is 3.57. The summed E-state index contributed by atoms with van der Waals surface area (Å²) in [5.74, 6) is -0.00419. The van der Waals surface area contributed by atoms with Crippen LogP contribution in [-0.4, -0.2) is 21.7 Å². The molecule has 0 spiro atoms. The van der Waals surface area contributed by atoms with Crippen molar-refractivity contribution in [3.8, 4) is 17.3 Å². The number of nitrogens with one attached hydrogen (secondary N) is 1. The Labute approximate surface area is 134 Å². The molecule has 0 atom stereocenters. The molecule has 1 aliphatic heterocycles. The maximum atomic E-state index is 12.8. The minimum atomic E-state index is -0.573. The highest BCUT2D eigenvalue weighted by atomic mass is 35.5. The number of rotatable bonds is 1. The summed E-state index contributed by atoms with van der Waals surface area (Å²) in [6.45, 7) is 0.634.